The van der Waals surface area contributed by atoms with Crippen LogP contribution < -0.4 is 5.32 Å². The molecule has 1 aromatic rings. The van der Waals surface area contributed by atoms with E-state index >= 15 is 0 Å². The monoisotopic (exact) mass is 301 g/mol. The summed E-state index contributed by atoms with van der Waals surface area (Å²) in [6, 6.07) is 1.67. The zero-order valence-electron chi connectivity index (χ0n) is 10.5. The first-order valence-electron chi connectivity index (χ1n) is 6.20. The summed E-state index contributed by atoms with van der Waals surface area (Å²) in [5, 5.41) is 2.96. The van der Waals surface area contributed by atoms with Crippen molar-refractivity contribution in [2.75, 3.05) is 6.54 Å². The first-order chi connectivity index (χ1) is 8.19. The molecule has 0 aliphatic carbocycles. The Balaban J connectivity index is 2.39. The molecule has 0 fully saturated rings. The predicted octanol–water partition coefficient (Wildman–Crippen LogP) is 3.99. The number of rotatable bonds is 7. The molecule has 1 unspecified atom stereocenters. The Morgan fingerprint density at radius 2 is 2.29 bits per heavy atom. The molecule has 17 heavy (non-hydrogen) atoms. The summed E-state index contributed by atoms with van der Waals surface area (Å²) in [5.41, 5.74) is 0.565. The van der Waals surface area contributed by atoms with E-state index in [-0.39, 0.29) is 5.91 Å². The third-order valence-corrected chi connectivity index (χ3v) is 3.57. The largest absolute Gasteiger partial charge is 0.457 e. The van der Waals surface area contributed by atoms with E-state index in [0.29, 0.717) is 16.2 Å². The van der Waals surface area contributed by atoms with Crippen LogP contribution in [0.5, 0.6) is 0 Å². The van der Waals surface area contributed by atoms with Crippen LogP contribution in [-0.2, 0) is 0 Å². The number of hydrogen-bond donors (Lipinski definition) is 1. The second-order valence-corrected chi connectivity index (χ2v) is 4.95. The van der Waals surface area contributed by atoms with E-state index in [1.54, 1.807) is 6.07 Å². The molecule has 1 N–H and O–H groups in total. The van der Waals surface area contributed by atoms with Crippen molar-refractivity contribution in [3.8, 4) is 0 Å². The highest BCUT2D eigenvalue weighted by molar-refractivity contribution is 9.10. The van der Waals surface area contributed by atoms with Gasteiger partial charge in [0.05, 0.1) is 11.8 Å². The molecule has 0 saturated carbocycles. The lowest BCUT2D eigenvalue weighted by molar-refractivity contribution is 0.0944. The van der Waals surface area contributed by atoms with Gasteiger partial charge in [0.15, 0.2) is 4.67 Å². The maximum Gasteiger partial charge on any atom is 0.255 e. The van der Waals surface area contributed by atoms with Gasteiger partial charge in [0, 0.05) is 6.54 Å². The topological polar surface area (TPSA) is 42.2 Å². The number of unbranched alkanes of at least 4 members (excludes halogenated alkanes) is 1. The minimum atomic E-state index is -0.0689. The van der Waals surface area contributed by atoms with Gasteiger partial charge in [0.2, 0.25) is 0 Å². The Labute approximate surface area is 111 Å². The van der Waals surface area contributed by atoms with Gasteiger partial charge in [-0.3, -0.25) is 4.79 Å². The Bertz CT molecular complexity index is 349. The van der Waals surface area contributed by atoms with E-state index in [2.05, 4.69) is 35.1 Å². The van der Waals surface area contributed by atoms with Gasteiger partial charge < -0.3 is 9.73 Å². The normalized spacial score (nSPS) is 12.4. The van der Waals surface area contributed by atoms with Crippen LogP contribution in [0.15, 0.2) is 21.4 Å². The van der Waals surface area contributed by atoms with Gasteiger partial charge in [0.1, 0.15) is 0 Å². The average molecular weight is 302 g/mol. The van der Waals surface area contributed by atoms with E-state index < -0.39 is 0 Å². The van der Waals surface area contributed by atoms with Crippen LogP contribution in [-0.4, -0.2) is 12.5 Å². The van der Waals surface area contributed by atoms with Crippen LogP contribution in [0.25, 0.3) is 0 Å². The first-order valence-corrected chi connectivity index (χ1v) is 6.99. The molecular formula is C13H20BrNO2. The van der Waals surface area contributed by atoms with Gasteiger partial charge in [-0.15, -0.1) is 0 Å². The number of carbonyl (C=O) groups is 1. The Kier molecular flexibility index (Phi) is 6.34. The molecule has 4 heteroatoms. The molecule has 0 aliphatic rings. The molecule has 0 bridgehead atoms. The van der Waals surface area contributed by atoms with Crippen LogP contribution >= 0.6 is 15.9 Å². The molecule has 0 saturated heterocycles. The summed E-state index contributed by atoms with van der Waals surface area (Å²) in [6.45, 7) is 5.10. The lowest BCUT2D eigenvalue weighted by atomic mass is 9.99. The molecule has 1 aromatic heterocycles. The van der Waals surface area contributed by atoms with Crippen molar-refractivity contribution in [2.45, 2.75) is 39.5 Å². The maximum absolute atomic E-state index is 11.8. The average Bonchev–Trinajstić information content (AvgIpc) is 2.75. The fourth-order valence-corrected chi connectivity index (χ4v) is 2.15. The van der Waals surface area contributed by atoms with E-state index in [4.69, 9.17) is 4.42 Å². The predicted molar refractivity (Wildman–Crippen MR) is 72.0 cm³/mol. The van der Waals surface area contributed by atoms with E-state index in [0.717, 1.165) is 13.0 Å². The Morgan fingerprint density at radius 1 is 1.53 bits per heavy atom. The molecule has 0 aliphatic heterocycles. The molecule has 0 spiro atoms. The van der Waals surface area contributed by atoms with Crippen molar-refractivity contribution in [3.05, 3.63) is 22.6 Å². The summed E-state index contributed by atoms with van der Waals surface area (Å²) in [6.07, 6.45) is 6.22. The maximum atomic E-state index is 11.8. The smallest absolute Gasteiger partial charge is 0.255 e. The number of nitrogens with one attached hydrogen (secondary N) is 1. The molecule has 1 amide bonds. The molecule has 0 radical (unpaired) electrons. The fraction of sp³-hybridized carbons (Fsp3) is 0.615. The standard InChI is InChI=1S/C13H20BrNO2/c1-3-5-6-10(4-2)9-15-13(16)11-7-8-17-12(11)14/h7-8,10H,3-6,9H2,1-2H3,(H,15,16). The fourth-order valence-electron chi connectivity index (χ4n) is 1.73. The summed E-state index contributed by atoms with van der Waals surface area (Å²) in [7, 11) is 0. The SMILES string of the molecule is CCCCC(CC)CNC(=O)c1ccoc1Br. The number of carbonyl (C=O) groups excluding carboxylic acids is 1. The summed E-state index contributed by atoms with van der Waals surface area (Å²) in [5.74, 6) is 0.505. The van der Waals surface area contributed by atoms with Crippen LogP contribution in [0.4, 0.5) is 0 Å². The van der Waals surface area contributed by atoms with Gasteiger partial charge in [-0.05, 0) is 34.3 Å². The van der Waals surface area contributed by atoms with Crippen LogP contribution in [0.1, 0.15) is 49.9 Å². The van der Waals surface area contributed by atoms with Crippen LogP contribution in [0.2, 0.25) is 0 Å². The molecule has 1 rings (SSSR count). The van der Waals surface area contributed by atoms with Crippen molar-refractivity contribution in [1.29, 1.82) is 0 Å². The van der Waals surface area contributed by atoms with Crippen LogP contribution in [0.3, 0.4) is 0 Å². The number of hydrogen-bond acceptors (Lipinski definition) is 2. The molecule has 3 nitrogen and oxygen atoms in total. The zero-order chi connectivity index (χ0) is 12.7. The highest BCUT2D eigenvalue weighted by Crippen LogP contribution is 2.17. The molecule has 96 valence electrons. The molecule has 1 atom stereocenters. The second kappa shape index (κ2) is 7.54. The quantitative estimate of drug-likeness (QED) is 0.827. The van der Waals surface area contributed by atoms with Crippen molar-refractivity contribution in [1.82, 2.24) is 5.32 Å². The Morgan fingerprint density at radius 3 is 2.82 bits per heavy atom. The Hall–Kier alpha value is -0.770. The van der Waals surface area contributed by atoms with Gasteiger partial charge in [-0.2, -0.15) is 0 Å². The number of halogens is 1. The van der Waals surface area contributed by atoms with E-state index in [9.17, 15) is 4.79 Å². The van der Waals surface area contributed by atoms with E-state index in [1.807, 2.05) is 0 Å². The minimum Gasteiger partial charge on any atom is -0.457 e. The zero-order valence-corrected chi connectivity index (χ0v) is 12.0. The van der Waals surface area contributed by atoms with Crippen molar-refractivity contribution in [2.24, 2.45) is 5.92 Å². The summed E-state index contributed by atoms with van der Waals surface area (Å²) < 4.78 is 5.54. The lowest BCUT2D eigenvalue weighted by Gasteiger charge is -2.14. The van der Waals surface area contributed by atoms with Crippen molar-refractivity contribution >= 4 is 21.8 Å². The summed E-state index contributed by atoms with van der Waals surface area (Å²) in [4.78, 5) is 11.8. The van der Waals surface area contributed by atoms with Gasteiger partial charge in [0.25, 0.3) is 5.91 Å². The third-order valence-electron chi connectivity index (χ3n) is 2.96. The van der Waals surface area contributed by atoms with Crippen LogP contribution in [0, 0.1) is 5.92 Å². The highest BCUT2D eigenvalue weighted by atomic mass is 79.9. The summed E-state index contributed by atoms with van der Waals surface area (Å²) >= 11 is 3.21. The molecular weight excluding hydrogens is 282 g/mol. The van der Waals surface area contributed by atoms with E-state index in [1.165, 1.54) is 25.5 Å². The third kappa shape index (κ3) is 4.54. The second-order valence-electron chi connectivity index (χ2n) is 4.23. The van der Waals surface area contributed by atoms with Gasteiger partial charge >= 0.3 is 0 Å². The first kappa shape index (κ1) is 14.3. The highest BCUT2D eigenvalue weighted by Gasteiger charge is 2.14. The van der Waals surface area contributed by atoms with Gasteiger partial charge in [-0.25, -0.2) is 0 Å². The van der Waals surface area contributed by atoms with Crippen molar-refractivity contribution < 1.29 is 9.21 Å². The molecule has 1 heterocycles. The molecule has 0 aromatic carbocycles. The lowest BCUT2D eigenvalue weighted by Crippen LogP contribution is -2.29. The number of amides is 1. The minimum absolute atomic E-state index is 0.0689. The van der Waals surface area contributed by atoms with Gasteiger partial charge in [-0.1, -0.05) is 33.1 Å². The van der Waals surface area contributed by atoms with Crippen molar-refractivity contribution in [3.63, 3.8) is 0 Å². The number of furan rings is 1.